The van der Waals surface area contributed by atoms with Crippen LogP contribution >= 0.6 is 11.5 Å². The molecule has 24 heavy (non-hydrogen) atoms. The average molecular weight is 358 g/mol. The van der Waals surface area contributed by atoms with E-state index in [4.69, 9.17) is 9.47 Å². The first kappa shape index (κ1) is 19.9. The minimum absolute atomic E-state index is 0.0658. The van der Waals surface area contributed by atoms with Crippen LogP contribution in [0.2, 0.25) is 0 Å². The Labute approximate surface area is 144 Å². The van der Waals surface area contributed by atoms with Crippen molar-refractivity contribution in [1.29, 1.82) is 0 Å². The van der Waals surface area contributed by atoms with E-state index >= 15 is 0 Å². The van der Waals surface area contributed by atoms with E-state index in [1.807, 2.05) is 0 Å². The molecule has 1 aromatic rings. The molecular formula is C15H22N2O6S. The summed E-state index contributed by atoms with van der Waals surface area (Å²) in [6.07, 6.45) is -1.89. The van der Waals surface area contributed by atoms with E-state index < -0.39 is 29.4 Å². The van der Waals surface area contributed by atoms with Gasteiger partial charge in [0.15, 0.2) is 5.82 Å². The van der Waals surface area contributed by atoms with Crippen LogP contribution in [0.15, 0.2) is 6.07 Å². The van der Waals surface area contributed by atoms with E-state index in [1.165, 1.54) is 13.2 Å². The Morgan fingerprint density at radius 3 is 1.83 bits per heavy atom. The summed E-state index contributed by atoms with van der Waals surface area (Å²) < 4.78 is 19.0. The number of carbonyl (C=O) groups excluding carboxylic acids is 3. The van der Waals surface area contributed by atoms with Gasteiger partial charge in [0.2, 0.25) is 0 Å². The second-order valence-corrected chi connectivity index (χ2v) is 7.64. The van der Waals surface area contributed by atoms with Crippen molar-refractivity contribution in [2.75, 3.05) is 12.0 Å². The first-order valence-electron chi connectivity index (χ1n) is 7.15. The zero-order valence-corrected chi connectivity index (χ0v) is 15.6. The zero-order valence-electron chi connectivity index (χ0n) is 14.8. The Hall–Kier alpha value is -2.16. The second-order valence-electron chi connectivity index (χ2n) is 6.84. The van der Waals surface area contributed by atoms with Crippen molar-refractivity contribution in [2.24, 2.45) is 0 Å². The zero-order chi connectivity index (χ0) is 18.7. The highest BCUT2D eigenvalue weighted by molar-refractivity contribution is 7.08. The van der Waals surface area contributed by atoms with Crippen molar-refractivity contribution < 1.29 is 28.6 Å². The van der Waals surface area contributed by atoms with Gasteiger partial charge in [-0.3, -0.25) is 0 Å². The number of rotatable bonds is 2. The fraction of sp³-hybridized carbons (Fsp3) is 0.600. The highest BCUT2D eigenvalue weighted by atomic mass is 32.1. The third-order valence-corrected chi connectivity index (χ3v) is 3.03. The van der Waals surface area contributed by atoms with Crippen LogP contribution in [-0.2, 0) is 14.2 Å². The van der Waals surface area contributed by atoms with Crippen LogP contribution in [0.1, 0.15) is 51.2 Å². The number of aromatic nitrogens is 1. The summed E-state index contributed by atoms with van der Waals surface area (Å²) in [5.74, 6) is -0.684. The summed E-state index contributed by atoms with van der Waals surface area (Å²) in [5.41, 5.74) is -1.64. The lowest BCUT2D eigenvalue weighted by atomic mass is 10.2. The molecule has 0 unspecified atom stereocenters. The van der Waals surface area contributed by atoms with Crippen LogP contribution in [0.5, 0.6) is 0 Å². The fourth-order valence-corrected chi connectivity index (χ4v) is 2.09. The molecule has 0 atom stereocenters. The van der Waals surface area contributed by atoms with Gasteiger partial charge in [-0.2, -0.15) is 9.27 Å². The van der Waals surface area contributed by atoms with Crippen molar-refractivity contribution in [1.82, 2.24) is 4.37 Å². The van der Waals surface area contributed by atoms with Crippen LogP contribution in [-0.4, -0.2) is 40.8 Å². The number of carbonyl (C=O) groups is 3. The van der Waals surface area contributed by atoms with Gasteiger partial charge in [-0.15, -0.1) is 0 Å². The molecule has 2 amide bonds. The molecule has 0 aromatic carbocycles. The van der Waals surface area contributed by atoms with Crippen LogP contribution in [0, 0.1) is 0 Å². The number of amides is 2. The lowest BCUT2D eigenvalue weighted by molar-refractivity contribution is 0.0427. The summed E-state index contributed by atoms with van der Waals surface area (Å²) in [5, 5.41) is 0. The molecule has 0 N–H and O–H groups in total. The average Bonchev–Trinajstić information content (AvgIpc) is 2.82. The summed E-state index contributed by atoms with van der Waals surface area (Å²) >= 11 is 0.800. The van der Waals surface area contributed by atoms with Gasteiger partial charge in [-0.05, 0) is 53.1 Å². The van der Waals surface area contributed by atoms with E-state index in [0.717, 1.165) is 11.5 Å². The van der Waals surface area contributed by atoms with Gasteiger partial charge >= 0.3 is 18.2 Å². The number of nitrogens with zero attached hydrogens (tertiary/aromatic N) is 2. The van der Waals surface area contributed by atoms with Crippen LogP contribution in [0.3, 0.4) is 0 Å². The van der Waals surface area contributed by atoms with Gasteiger partial charge in [0.1, 0.15) is 16.1 Å². The number of hydrogen-bond donors (Lipinski definition) is 0. The molecule has 0 aliphatic rings. The summed E-state index contributed by atoms with van der Waals surface area (Å²) in [4.78, 5) is 37.1. The standard InChI is InChI=1S/C15H22N2O6S/c1-14(2,3)22-12(19)17(13(20)23-15(4,5)6)10-8-9(24-16-10)11(18)21-7/h8H,1-7H3. The predicted molar refractivity (Wildman–Crippen MR) is 88.4 cm³/mol. The van der Waals surface area contributed by atoms with Gasteiger partial charge in [-0.25, -0.2) is 14.4 Å². The quantitative estimate of drug-likeness (QED) is 0.588. The smallest absolute Gasteiger partial charge is 0.425 e. The molecule has 1 rings (SSSR count). The highest BCUT2D eigenvalue weighted by Crippen LogP contribution is 2.24. The number of ether oxygens (including phenoxy) is 3. The van der Waals surface area contributed by atoms with Crippen molar-refractivity contribution >= 4 is 35.5 Å². The monoisotopic (exact) mass is 358 g/mol. The topological polar surface area (TPSA) is 95.0 Å². The van der Waals surface area contributed by atoms with Crippen LogP contribution in [0.25, 0.3) is 0 Å². The highest BCUT2D eigenvalue weighted by Gasteiger charge is 2.34. The van der Waals surface area contributed by atoms with Crippen molar-refractivity contribution in [2.45, 2.75) is 52.7 Å². The first-order chi connectivity index (χ1) is 10.8. The number of imide groups is 1. The van der Waals surface area contributed by atoms with Crippen molar-refractivity contribution in [3.8, 4) is 0 Å². The third kappa shape index (κ3) is 5.80. The van der Waals surface area contributed by atoms with Gasteiger partial charge in [0, 0.05) is 6.07 Å². The Balaban J connectivity index is 3.18. The molecule has 134 valence electrons. The third-order valence-electron chi connectivity index (χ3n) is 2.27. The van der Waals surface area contributed by atoms with Gasteiger partial charge in [-0.1, -0.05) is 0 Å². The minimum Gasteiger partial charge on any atom is -0.465 e. The maximum Gasteiger partial charge on any atom is 0.425 e. The maximum atomic E-state index is 12.4. The van der Waals surface area contributed by atoms with E-state index in [0.29, 0.717) is 4.90 Å². The molecule has 0 aliphatic heterocycles. The molecule has 8 nitrogen and oxygen atoms in total. The number of anilines is 1. The van der Waals surface area contributed by atoms with E-state index in [1.54, 1.807) is 41.5 Å². The molecule has 0 fully saturated rings. The van der Waals surface area contributed by atoms with Crippen LogP contribution in [0.4, 0.5) is 15.4 Å². The molecule has 0 spiro atoms. The van der Waals surface area contributed by atoms with Crippen molar-refractivity contribution in [3.05, 3.63) is 10.9 Å². The van der Waals surface area contributed by atoms with Crippen LogP contribution < -0.4 is 4.90 Å². The van der Waals surface area contributed by atoms with Crippen molar-refractivity contribution in [3.63, 3.8) is 0 Å². The Bertz CT molecular complexity index is 599. The Kier molecular flexibility index (Phi) is 5.94. The maximum absolute atomic E-state index is 12.4. The molecule has 1 heterocycles. The molecular weight excluding hydrogens is 336 g/mol. The number of esters is 1. The SMILES string of the molecule is COC(=O)c1cc(N(C(=O)OC(C)(C)C)C(=O)OC(C)(C)C)ns1. The normalized spacial score (nSPS) is 11.6. The van der Waals surface area contributed by atoms with E-state index in [-0.39, 0.29) is 10.7 Å². The first-order valence-corrected chi connectivity index (χ1v) is 7.92. The van der Waals surface area contributed by atoms with E-state index in [9.17, 15) is 14.4 Å². The predicted octanol–water partition coefficient (Wildman–Crippen LogP) is 3.61. The van der Waals surface area contributed by atoms with Gasteiger partial charge in [0.25, 0.3) is 0 Å². The summed E-state index contributed by atoms with van der Waals surface area (Å²) in [7, 11) is 1.22. The number of methoxy groups -OCH3 is 1. The molecule has 0 radical (unpaired) electrons. The Morgan fingerprint density at radius 1 is 1.00 bits per heavy atom. The molecule has 9 heteroatoms. The summed E-state index contributed by atoms with van der Waals surface area (Å²) in [6, 6.07) is 1.27. The molecule has 0 bridgehead atoms. The minimum atomic E-state index is -0.946. The largest absolute Gasteiger partial charge is 0.465 e. The lowest BCUT2D eigenvalue weighted by Crippen LogP contribution is -2.44. The molecule has 0 saturated carbocycles. The second kappa shape index (κ2) is 7.16. The van der Waals surface area contributed by atoms with E-state index in [2.05, 4.69) is 9.11 Å². The van der Waals surface area contributed by atoms with Gasteiger partial charge in [0.05, 0.1) is 7.11 Å². The fourth-order valence-electron chi connectivity index (χ4n) is 1.44. The lowest BCUT2D eigenvalue weighted by Gasteiger charge is -2.27. The molecule has 0 saturated heterocycles. The molecule has 1 aromatic heterocycles. The summed E-state index contributed by atoms with van der Waals surface area (Å²) in [6.45, 7) is 9.99. The molecule has 0 aliphatic carbocycles. The number of hydrogen-bond acceptors (Lipinski definition) is 8. The Morgan fingerprint density at radius 2 is 1.46 bits per heavy atom. The van der Waals surface area contributed by atoms with Gasteiger partial charge < -0.3 is 14.2 Å².